The molecule has 18 heavy (non-hydrogen) atoms. The number of nitrogens with one attached hydrogen (secondary N) is 1. The summed E-state index contributed by atoms with van der Waals surface area (Å²) in [7, 11) is 1.59. The van der Waals surface area contributed by atoms with Crippen molar-refractivity contribution in [2.24, 2.45) is 0 Å². The third-order valence-electron chi connectivity index (χ3n) is 2.21. The number of methoxy groups -OCH3 is 1. The highest BCUT2D eigenvalue weighted by Gasteiger charge is 2.03. The van der Waals surface area contributed by atoms with Crippen molar-refractivity contribution in [1.29, 1.82) is 0 Å². The minimum absolute atomic E-state index is 0.335. The molecule has 0 bridgehead atoms. The van der Waals surface area contributed by atoms with E-state index in [0.717, 1.165) is 5.56 Å². The first kappa shape index (κ1) is 12.7. The molecule has 2 heterocycles. The van der Waals surface area contributed by atoms with Gasteiger partial charge in [-0.15, -0.1) is 0 Å². The number of anilines is 1. The van der Waals surface area contributed by atoms with Crippen LogP contribution >= 0.6 is 11.6 Å². The molecule has 0 spiro atoms. The van der Waals surface area contributed by atoms with Crippen molar-refractivity contribution in [2.45, 2.75) is 13.2 Å². The molecule has 0 aliphatic rings. The van der Waals surface area contributed by atoms with Gasteiger partial charge in [0, 0.05) is 32.1 Å². The lowest BCUT2D eigenvalue weighted by molar-refractivity contribution is 0.178. The summed E-state index contributed by atoms with van der Waals surface area (Å²) in [4.78, 5) is 12.4. The molecule has 0 saturated heterocycles. The maximum atomic E-state index is 5.91. The molecular weight excluding hydrogens is 252 g/mol. The topological polar surface area (TPSA) is 59.9 Å². The number of rotatable bonds is 5. The Morgan fingerprint density at radius 2 is 2.28 bits per heavy atom. The highest BCUT2D eigenvalue weighted by Crippen LogP contribution is 2.13. The summed E-state index contributed by atoms with van der Waals surface area (Å²) in [5, 5.41) is 3.56. The predicted octanol–water partition coefficient (Wildman–Crippen LogP) is 2.28. The van der Waals surface area contributed by atoms with E-state index in [1.54, 1.807) is 25.6 Å². The Balaban J connectivity index is 2.05. The van der Waals surface area contributed by atoms with Crippen LogP contribution in [0.5, 0.6) is 0 Å². The molecule has 0 aliphatic carbocycles. The van der Waals surface area contributed by atoms with Gasteiger partial charge < -0.3 is 10.1 Å². The van der Waals surface area contributed by atoms with Gasteiger partial charge in [0.2, 0.25) is 0 Å². The Kier molecular flexibility index (Phi) is 4.44. The number of nitrogens with zero attached hydrogens (tertiary/aromatic N) is 3. The predicted molar refractivity (Wildman–Crippen MR) is 69.3 cm³/mol. The van der Waals surface area contributed by atoms with E-state index in [0.29, 0.717) is 29.9 Å². The summed E-state index contributed by atoms with van der Waals surface area (Å²) in [5.41, 5.74) is 1.07. The quantitative estimate of drug-likeness (QED) is 0.840. The van der Waals surface area contributed by atoms with Crippen molar-refractivity contribution in [3.05, 3.63) is 47.1 Å². The van der Waals surface area contributed by atoms with Crippen molar-refractivity contribution < 1.29 is 4.74 Å². The van der Waals surface area contributed by atoms with E-state index in [1.165, 1.54) is 0 Å². The summed E-state index contributed by atoms with van der Waals surface area (Å²) in [5.74, 6) is 1.23. The lowest BCUT2D eigenvalue weighted by atomic mass is 10.3. The number of halogens is 1. The van der Waals surface area contributed by atoms with Gasteiger partial charge in [-0.2, -0.15) is 0 Å². The molecule has 0 fully saturated rings. The molecule has 0 radical (unpaired) electrons. The Morgan fingerprint density at radius 3 is 3.00 bits per heavy atom. The molecule has 94 valence electrons. The highest BCUT2D eigenvalue weighted by atomic mass is 35.5. The molecule has 0 amide bonds. The standard InChI is InChI=1S/C12H13ClN4O/c1-18-8-12-16-10(13)5-11(17-12)15-7-9-3-2-4-14-6-9/h2-6H,7-8H2,1H3,(H,15,16,17). The van der Waals surface area contributed by atoms with E-state index in [4.69, 9.17) is 16.3 Å². The molecule has 5 nitrogen and oxygen atoms in total. The minimum Gasteiger partial charge on any atom is -0.377 e. The van der Waals surface area contributed by atoms with Gasteiger partial charge in [-0.1, -0.05) is 17.7 Å². The molecule has 2 aromatic rings. The summed E-state index contributed by atoms with van der Waals surface area (Å²) in [6, 6.07) is 5.55. The fourth-order valence-corrected chi connectivity index (χ4v) is 1.65. The second-order valence-corrected chi connectivity index (χ2v) is 4.03. The number of pyridine rings is 1. The van der Waals surface area contributed by atoms with Gasteiger partial charge in [-0.25, -0.2) is 9.97 Å². The van der Waals surface area contributed by atoms with Crippen LogP contribution in [0.25, 0.3) is 0 Å². The van der Waals surface area contributed by atoms with Crippen LogP contribution in [0.4, 0.5) is 5.82 Å². The third kappa shape index (κ3) is 3.65. The van der Waals surface area contributed by atoms with Gasteiger partial charge in [-0.05, 0) is 11.6 Å². The van der Waals surface area contributed by atoms with E-state index < -0.39 is 0 Å². The Morgan fingerprint density at radius 1 is 1.39 bits per heavy atom. The number of hydrogen-bond donors (Lipinski definition) is 1. The first-order valence-corrected chi connectivity index (χ1v) is 5.81. The molecule has 0 aromatic carbocycles. The van der Waals surface area contributed by atoms with Crippen LogP contribution in [0.1, 0.15) is 11.4 Å². The van der Waals surface area contributed by atoms with Crippen molar-refractivity contribution in [1.82, 2.24) is 15.0 Å². The largest absolute Gasteiger partial charge is 0.377 e. The van der Waals surface area contributed by atoms with E-state index >= 15 is 0 Å². The molecule has 2 rings (SSSR count). The van der Waals surface area contributed by atoms with Gasteiger partial charge in [0.25, 0.3) is 0 Å². The maximum Gasteiger partial charge on any atom is 0.158 e. The number of aromatic nitrogens is 3. The minimum atomic E-state index is 0.335. The molecule has 0 unspecified atom stereocenters. The zero-order chi connectivity index (χ0) is 12.8. The van der Waals surface area contributed by atoms with Crippen LogP contribution in [0, 0.1) is 0 Å². The molecule has 0 atom stereocenters. The molecule has 6 heteroatoms. The molecular formula is C12H13ClN4O. The zero-order valence-corrected chi connectivity index (χ0v) is 10.7. The summed E-state index contributed by atoms with van der Waals surface area (Å²) < 4.78 is 4.98. The molecule has 0 saturated carbocycles. The van der Waals surface area contributed by atoms with Gasteiger partial charge in [0.15, 0.2) is 5.82 Å². The zero-order valence-electron chi connectivity index (χ0n) is 9.93. The van der Waals surface area contributed by atoms with E-state index in [-0.39, 0.29) is 0 Å². The second kappa shape index (κ2) is 6.28. The van der Waals surface area contributed by atoms with Gasteiger partial charge in [0.05, 0.1) is 0 Å². The average molecular weight is 265 g/mol. The lowest BCUT2D eigenvalue weighted by Crippen LogP contribution is -2.05. The Labute approximate surface area is 110 Å². The molecule has 2 aromatic heterocycles. The Hall–Kier alpha value is -1.72. The summed E-state index contributed by atoms with van der Waals surface area (Å²) in [6.45, 7) is 0.968. The normalized spacial score (nSPS) is 10.3. The first-order valence-electron chi connectivity index (χ1n) is 5.43. The van der Waals surface area contributed by atoms with Crippen LogP contribution in [0.2, 0.25) is 5.15 Å². The van der Waals surface area contributed by atoms with Gasteiger partial charge in [-0.3, -0.25) is 4.98 Å². The fraction of sp³-hybridized carbons (Fsp3) is 0.250. The third-order valence-corrected chi connectivity index (χ3v) is 2.40. The summed E-state index contributed by atoms with van der Waals surface area (Å²) in [6.07, 6.45) is 3.54. The second-order valence-electron chi connectivity index (χ2n) is 3.64. The van der Waals surface area contributed by atoms with E-state index in [2.05, 4.69) is 20.3 Å². The molecule has 0 aliphatic heterocycles. The van der Waals surface area contributed by atoms with Gasteiger partial charge >= 0.3 is 0 Å². The average Bonchev–Trinajstić information content (AvgIpc) is 2.37. The van der Waals surface area contributed by atoms with Gasteiger partial charge in [0.1, 0.15) is 17.6 Å². The lowest BCUT2D eigenvalue weighted by Gasteiger charge is -2.07. The monoisotopic (exact) mass is 264 g/mol. The molecule has 1 N–H and O–H groups in total. The van der Waals surface area contributed by atoms with Crippen molar-refractivity contribution in [3.63, 3.8) is 0 Å². The van der Waals surface area contributed by atoms with Crippen LogP contribution in [-0.4, -0.2) is 22.1 Å². The van der Waals surface area contributed by atoms with Crippen LogP contribution in [-0.2, 0) is 17.9 Å². The highest BCUT2D eigenvalue weighted by molar-refractivity contribution is 6.29. The Bertz CT molecular complexity index is 507. The maximum absolute atomic E-state index is 5.91. The number of hydrogen-bond acceptors (Lipinski definition) is 5. The van der Waals surface area contributed by atoms with E-state index in [9.17, 15) is 0 Å². The van der Waals surface area contributed by atoms with Crippen LogP contribution in [0.15, 0.2) is 30.6 Å². The fourth-order valence-electron chi connectivity index (χ4n) is 1.44. The van der Waals surface area contributed by atoms with Crippen LogP contribution < -0.4 is 5.32 Å². The van der Waals surface area contributed by atoms with Crippen molar-refractivity contribution in [2.75, 3.05) is 12.4 Å². The summed E-state index contributed by atoms with van der Waals surface area (Å²) >= 11 is 5.91. The smallest absolute Gasteiger partial charge is 0.158 e. The van der Waals surface area contributed by atoms with Crippen molar-refractivity contribution in [3.8, 4) is 0 Å². The SMILES string of the molecule is COCc1nc(Cl)cc(NCc2cccnc2)n1. The van der Waals surface area contributed by atoms with E-state index in [1.807, 2.05) is 12.1 Å². The van der Waals surface area contributed by atoms with Crippen LogP contribution in [0.3, 0.4) is 0 Å². The first-order chi connectivity index (χ1) is 8.78. The van der Waals surface area contributed by atoms with Crippen molar-refractivity contribution >= 4 is 17.4 Å². The number of ether oxygens (including phenoxy) is 1.